The molecule has 1 aromatic heterocycles. The Morgan fingerprint density at radius 2 is 2.47 bits per heavy atom. The zero-order valence-electron chi connectivity index (χ0n) is 10.2. The van der Waals surface area contributed by atoms with Crippen LogP contribution in [0, 0.1) is 6.92 Å². The van der Waals surface area contributed by atoms with Crippen LogP contribution >= 0.6 is 0 Å². The number of aliphatic hydroxyl groups is 1. The maximum atomic E-state index is 9.07. The highest BCUT2D eigenvalue weighted by Crippen LogP contribution is 2.09. The van der Waals surface area contributed by atoms with Gasteiger partial charge in [-0.1, -0.05) is 5.16 Å². The summed E-state index contributed by atoms with van der Waals surface area (Å²) in [5.41, 5.74) is 0. The zero-order chi connectivity index (χ0) is 12.1. The van der Waals surface area contributed by atoms with Crippen molar-refractivity contribution in [2.45, 2.75) is 32.4 Å². The van der Waals surface area contributed by atoms with Crippen molar-refractivity contribution in [2.75, 3.05) is 26.2 Å². The third kappa shape index (κ3) is 3.76. The van der Waals surface area contributed by atoms with Crippen molar-refractivity contribution < 1.29 is 9.63 Å². The van der Waals surface area contributed by atoms with Crippen molar-refractivity contribution in [2.24, 2.45) is 0 Å². The van der Waals surface area contributed by atoms with Crippen LogP contribution in [0.15, 0.2) is 4.52 Å². The molecule has 0 aromatic carbocycles. The second kappa shape index (κ2) is 6.09. The van der Waals surface area contributed by atoms with E-state index in [4.69, 9.17) is 9.63 Å². The van der Waals surface area contributed by atoms with E-state index in [0.717, 1.165) is 13.1 Å². The molecule has 0 aliphatic carbocycles. The fraction of sp³-hybridized carbons (Fsp3) is 0.818. The van der Waals surface area contributed by atoms with Crippen LogP contribution in [0.5, 0.6) is 0 Å². The number of nitrogens with zero attached hydrogens (tertiary/aromatic N) is 3. The molecule has 17 heavy (non-hydrogen) atoms. The minimum Gasteiger partial charge on any atom is -0.395 e. The Morgan fingerprint density at radius 3 is 3.06 bits per heavy atom. The van der Waals surface area contributed by atoms with Crippen molar-refractivity contribution in [3.8, 4) is 0 Å². The van der Waals surface area contributed by atoms with E-state index in [1.165, 1.54) is 12.8 Å². The molecule has 1 fully saturated rings. The van der Waals surface area contributed by atoms with Gasteiger partial charge in [-0.05, 0) is 19.4 Å². The number of aryl methyl sites for hydroxylation is 1. The van der Waals surface area contributed by atoms with Gasteiger partial charge >= 0.3 is 0 Å². The molecule has 2 heterocycles. The molecule has 0 amide bonds. The summed E-state index contributed by atoms with van der Waals surface area (Å²) in [6, 6.07) is 0.523. The summed E-state index contributed by atoms with van der Waals surface area (Å²) in [5.74, 6) is 1.27. The first-order valence-electron chi connectivity index (χ1n) is 6.13. The van der Waals surface area contributed by atoms with E-state index in [-0.39, 0.29) is 6.61 Å². The van der Waals surface area contributed by atoms with Gasteiger partial charge in [-0.2, -0.15) is 4.98 Å². The molecule has 1 aliphatic heterocycles. The molecule has 0 radical (unpaired) electrons. The van der Waals surface area contributed by atoms with Crippen molar-refractivity contribution in [1.29, 1.82) is 0 Å². The highest BCUT2D eigenvalue weighted by Gasteiger charge is 2.18. The molecule has 96 valence electrons. The summed E-state index contributed by atoms with van der Waals surface area (Å²) in [6.45, 7) is 5.24. The maximum Gasteiger partial charge on any atom is 0.223 e. The molecule has 2 N–H and O–H groups in total. The molecule has 1 aliphatic rings. The first kappa shape index (κ1) is 12.5. The summed E-state index contributed by atoms with van der Waals surface area (Å²) < 4.78 is 4.95. The Bertz CT molecular complexity index is 336. The first-order valence-corrected chi connectivity index (χ1v) is 6.13. The van der Waals surface area contributed by atoms with Crippen LogP contribution < -0.4 is 5.32 Å². The molecule has 0 saturated carbocycles. The van der Waals surface area contributed by atoms with Crippen LogP contribution in [0.2, 0.25) is 0 Å². The summed E-state index contributed by atoms with van der Waals surface area (Å²) in [7, 11) is 0. The lowest BCUT2D eigenvalue weighted by Crippen LogP contribution is -2.38. The Morgan fingerprint density at radius 1 is 1.59 bits per heavy atom. The average molecular weight is 240 g/mol. The van der Waals surface area contributed by atoms with Crippen molar-refractivity contribution in [1.82, 2.24) is 20.4 Å². The zero-order valence-corrected chi connectivity index (χ0v) is 10.2. The molecular formula is C11H20N4O2. The lowest BCUT2D eigenvalue weighted by atomic mass is 10.2. The van der Waals surface area contributed by atoms with Gasteiger partial charge in [-0.3, -0.25) is 4.90 Å². The second-order valence-corrected chi connectivity index (χ2v) is 4.48. The molecule has 0 bridgehead atoms. The third-order valence-electron chi connectivity index (χ3n) is 2.99. The van der Waals surface area contributed by atoms with E-state index in [0.29, 0.717) is 30.8 Å². The van der Waals surface area contributed by atoms with Crippen LogP contribution in [0.25, 0.3) is 0 Å². The highest BCUT2D eigenvalue weighted by molar-refractivity contribution is 4.86. The number of hydrogen-bond donors (Lipinski definition) is 2. The molecule has 2 rings (SSSR count). The number of aliphatic hydroxyl groups excluding tert-OH is 1. The van der Waals surface area contributed by atoms with Crippen molar-refractivity contribution in [3.05, 3.63) is 11.7 Å². The van der Waals surface area contributed by atoms with Crippen molar-refractivity contribution >= 4 is 0 Å². The summed E-state index contributed by atoms with van der Waals surface area (Å²) in [6.07, 6.45) is 2.44. The van der Waals surface area contributed by atoms with E-state index in [1.807, 2.05) is 0 Å². The van der Waals surface area contributed by atoms with Crippen LogP contribution in [0.1, 0.15) is 24.6 Å². The largest absolute Gasteiger partial charge is 0.395 e. The van der Waals surface area contributed by atoms with Crippen LogP contribution in [-0.2, 0) is 6.54 Å². The number of hydrogen-bond acceptors (Lipinski definition) is 6. The van der Waals surface area contributed by atoms with Gasteiger partial charge in [0.2, 0.25) is 5.89 Å². The first-order chi connectivity index (χ1) is 8.28. The lowest BCUT2D eigenvalue weighted by molar-refractivity contribution is 0.174. The molecular weight excluding hydrogens is 220 g/mol. The van der Waals surface area contributed by atoms with Gasteiger partial charge in [0.25, 0.3) is 0 Å². The van der Waals surface area contributed by atoms with Gasteiger partial charge < -0.3 is 14.9 Å². The molecule has 6 heteroatoms. The average Bonchev–Trinajstić information content (AvgIpc) is 2.91. The van der Waals surface area contributed by atoms with Gasteiger partial charge in [0, 0.05) is 26.1 Å². The normalized spacial score (nSPS) is 20.3. The summed E-state index contributed by atoms with van der Waals surface area (Å²) in [4.78, 5) is 6.35. The molecule has 1 unspecified atom stereocenters. The van der Waals surface area contributed by atoms with Gasteiger partial charge in [-0.25, -0.2) is 0 Å². The maximum absolute atomic E-state index is 9.07. The van der Waals surface area contributed by atoms with Gasteiger partial charge in [0.15, 0.2) is 5.82 Å². The Labute approximate surface area is 101 Å². The predicted octanol–water partition coefficient (Wildman–Crippen LogP) is -0.0757. The van der Waals surface area contributed by atoms with Crippen LogP contribution in [0.4, 0.5) is 0 Å². The van der Waals surface area contributed by atoms with E-state index in [2.05, 4.69) is 20.4 Å². The molecule has 1 aromatic rings. The number of rotatable bonds is 6. The van der Waals surface area contributed by atoms with E-state index >= 15 is 0 Å². The topological polar surface area (TPSA) is 74.4 Å². The fourth-order valence-electron chi connectivity index (χ4n) is 2.21. The smallest absolute Gasteiger partial charge is 0.223 e. The van der Waals surface area contributed by atoms with E-state index < -0.39 is 0 Å². The van der Waals surface area contributed by atoms with Crippen LogP contribution in [-0.4, -0.2) is 52.4 Å². The lowest BCUT2D eigenvalue weighted by Gasteiger charge is -2.23. The molecule has 0 spiro atoms. The number of nitrogens with one attached hydrogen (secondary N) is 1. The molecule has 1 atom stereocenters. The van der Waals surface area contributed by atoms with Crippen molar-refractivity contribution in [3.63, 3.8) is 0 Å². The summed E-state index contributed by atoms with van der Waals surface area (Å²) >= 11 is 0. The standard InChI is InChI=1S/C11H20N4O2/c1-9-13-11(14-17-9)8-15(5-6-16)7-10-3-2-4-12-10/h10,12,16H,2-8H2,1H3. The fourth-order valence-corrected chi connectivity index (χ4v) is 2.21. The van der Waals surface area contributed by atoms with Crippen LogP contribution in [0.3, 0.4) is 0 Å². The van der Waals surface area contributed by atoms with E-state index in [9.17, 15) is 0 Å². The predicted molar refractivity (Wildman–Crippen MR) is 62.4 cm³/mol. The quantitative estimate of drug-likeness (QED) is 0.724. The second-order valence-electron chi connectivity index (χ2n) is 4.48. The minimum absolute atomic E-state index is 0.156. The van der Waals surface area contributed by atoms with Gasteiger partial charge in [0.1, 0.15) is 0 Å². The Hall–Kier alpha value is -0.980. The Balaban J connectivity index is 1.87. The molecule has 1 saturated heterocycles. The minimum atomic E-state index is 0.156. The molecule has 6 nitrogen and oxygen atoms in total. The third-order valence-corrected chi connectivity index (χ3v) is 2.99. The Kier molecular flexibility index (Phi) is 4.47. The van der Waals surface area contributed by atoms with Gasteiger partial charge in [0.05, 0.1) is 13.2 Å². The van der Waals surface area contributed by atoms with Gasteiger partial charge in [-0.15, -0.1) is 0 Å². The SMILES string of the molecule is Cc1nc(CN(CCO)CC2CCCN2)no1. The highest BCUT2D eigenvalue weighted by atomic mass is 16.5. The summed E-state index contributed by atoms with van der Waals surface area (Å²) in [5, 5.41) is 16.4. The number of aromatic nitrogens is 2. The van der Waals surface area contributed by atoms with E-state index in [1.54, 1.807) is 6.92 Å². The monoisotopic (exact) mass is 240 g/mol.